The van der Waals surface area contributed by atoms with E-state index in [1.54, 1.807) is 0 Å². The number of amides is 1. The van der Waals surface area contributed by atoms with Gasteiger partial charge in [0, 0.05) is 24.2 Å². The van der Waals surface area contributed by atoms with E-state index in [1.165, 1.54) is 0 Å². The number of likely N-dealkylation sites (tertiary alicyclic amines) is 1. The second kappa shape index (κ2) is 6.61. The first-order valence-electron chi connectivity index (χ1n) is 8.07. The zero-order valence-electron chi connectivity index (χ0n) is 13.8. The Balaban J connectivity index is 2.04. The maximum Gasteiger partial charge on any atom is 0.254 e. The molecule has 0 aromatic heterocycles. The molecule has 1 fully saturated rings. The highest BCUT2D eigenvalue weighted by Crippen LogP contribution is 2.24. The van der Waals surface area contributed by atoms with E-state index in [2.05, 4.69) is 19.2 Å². The van der Waals surface area contributed by atoms with Crippen LogP contribution < -0.4 is 5.32 Å². The van der Waals surface area contributed by atoms with Crippen molar-refractivity contribution in [3.05, 3.63) is 34.9 Å². The molecule has 1 aromatic rings. The van der Waals surface area contributed by atoms with Crippen LogP contribution in [-0.4, -0.2) is 36.0 Å². The summed E-state index contributed by atoms with van der Waals surface area (Å²) in [6.07, 6.45) is 3.22. The Labute approximate surface area is 128 Å². The summed E-state index contributed by atoms with van der Waals surface area (Å²) in [7, 11) is 0. The zero-order valence-corrected chi connectivity index (χ0v) is 13.8. The molecule has 1 aliphatic heterocycles. The molecule has 1 aromatic carbocycles. The van der Waals surface area contributed by atoms with Gasteiger partial charge in [-0.3, -0.25) is 4.79 Å². The summed E-state index contributed by atoms with van der Waals surface area (Å²) >= 11 is 0. The SMILES string of the molecule is CCCNC1(C)CCN(C(=O)c2c(C)cccc2C)CC1. The largest absolute Gasteiger partial charge is 0.338 e. The molecule has 1 aliphatic rings. The van der Waals surface area contributed by atoms with Crippen LogP contribution in [0.25, 0.3) is 0 Å². The van der Waals surface area contributed by atoms with Gasteiger partial charge in [-0.05, 0) is 57.7 Å². The van der Waals surface area contributed by atoms with E-state index in [0.29, 0.717) is 0 Å². The Hall–Kier alpha value is -1.35. The van der Waals surface area contributed by atoms with Crippen LogP contribution in [0.1, 0.15) is 54.6 Å². The lowest BCUT2D eigenvalue weighted by Crippen LogP contribution is -2.52. The maximum absolute atomic E-state index is 12.8. The van der Waals surface area contributed by atoms with Crippen molar-refractivity contribution in [2.45, 2.75) is 52.5 Å². The highest BCUT2D eigenvalue weighted by Gasteiger charge is 2.32. The quantitative estimate of drug-likeness (QED) is 0.922. The molecule has 1 saturated heterocycles. The fourth-order valence-corrected chi connectivity index (χ4v) is 3.12. The van der Waals surface area contributed by atoms with Crippen LogP contribution in [-0.2, 0) is 0 Å². The highest BCUT2D eigenvalue weighted by molar-refractivity contribution is 5.97. The number of nitrogens with zero attached hydrogens (tertiary/aromatic N) is 1. The first kappa shape index (κ1) is 16.0. The lowest BCUT2D eigenvalue weighted by atomic mass is 9.88. The summed E-state index contributed by atoms with van der Waals surface area (Å²) in [6.45, 7) is 11.3. The Kier molecular flexibility index (Phi) is 5.04. The van der Waals surface area contributed by atoms with Crippen molar-refractivity contribution in [1.82, 2.24) is 10.2 Å². The summed E-state index contributed by atoms with van der Waals surface area (Å²) < 4.78 is 0. The van der Waals surface area contributed by atoms with Crippen molar-refractivity contribution in [2.75, 3.05) is 19.6 Å². The van der Waals surface area contributed by atoms with Crippen LogP contribution in [0.15, 0.2) is 18.2 Å². The molecule has 2 rings (SSSR count). The molecular formula is C18H28N2O. The molecule has 0 atom stereocenters. The molecule has 3 nitrogen and oxygen atoms in total. The molecule has 3 heteroatoms. The Morgan fingerprint density at radius 2 is 1.81 bits per heavy atom. The van der Waals surface area contributed by atoms with Crippen molar-refractivity contribution in [3.63, 3.8) is 0 Å². The second-order valence-corrected chi connectivity index (χ2v) is 6.55. The molecule has 1 N–H and O–H groups in total. The molecule has 0 spiro atoms. The number of piperidine rings is 1. The molecule has 0 unspecified atom stereocenters. The molecule has 0 radical (unpaired) electrons. The van der Waals surface area contributed by atoms with Gasteiger partial charge in [-0.2, -0.15) is 0 Å². The summed E-state index contributed by atoms with van der Waals surface area (Å²) in [4.78, 5) is 14.8. The smallest absolute Gasteiger partial charge is 0.254 e. The minimum Gasteiger partial charge on any atom is -0.338 e. The molecule has 1 heterocycles. The fraction of sp³-hybridized carbons (Fsp3) is 0.611. The van der Waals surface area contributed by atoms with E-state index >= 15 is 0 Å². The summed E-state index contributed by atoms with van der Waals surface area (Å²) in [6, 6.07) is 6.07. The van der Waals surface area contributed by atoms with E-state index in [9.17, 15) is 4.79 Å². The molecule has 0 aliphatic carbocycles. The molecule has 21 heavy (non-hydrogen) atoms. The number of hydrogen-bond donors (Lipinski definition) is 1. The van der Waals surface area contributed by atoms with E-state index in [4.69, 9.17) is 0 Å². The number of rotatable bonds is 4. The van der Waals surface area contributed by atoms with E-state index in [1.807, 2.05) is 36.9 Å². The van der Waals surface area contributed by atoms with Gasteiger partial charge in [0.05, 0.1) is 0 Å². The first-order valence-corrected chi connectivity index (χ1v) is 8.07. The van der Waals surface area contributed by atoms with Crippen molar-refractivity contribution in [3.8, 4) is 0 Å². The van der Waals surface area contributed by atoms with Crippen LogP contribution in [0, 0.1) is 13.8 Å². The predicted octanol–water partition coefficient (Wildman–Crippen LogP) is 3.30. The van der Waals surface area contributed by atoms with Gasteiger partial charge in [-0.25, -0.2) is 0 Å². The van der Waals surface area contributed by atoms with Gasteiger partial charge >= 0.3 is 0 Å². The molecule has 1 amide bonds. The van der Waals surface area contributed by atoms with E-state index in [0.717, 1.165) is 55.6 Å². The van der Waals surface area contributed by atoms with Gasteiger partial charge in [-0.1, -0.05) is 25.1 Å². The van der Waals surface area contributed by atoms with Gasteiger partial charge in [-0.15, -0.1) is 0 Å². The van der Waals surface area contributed by atoms with Gasteiger partial charge in [0.2, 0.25) is 0 Å². The van der Waals surface area contributed by atoms with Crippen molar-refractivity contribution in [2.24, 2.45) is 0 Å². The van der Waals surface area contributed by atoms with Gasteiger partial charge in [0.1, 0.15) is 0 Å². The average Bonchev–Trinajstić information content (AvgIpc) is 2.45. The third-order valence-corrected chi connectivity index (χ3v) is 4.65. The zero-order chi connectivity index (χ0) is 15.5. The molecule has 0 bridgehead atoms. The van der Waals surface area contributed by atoms with Crippen LogP contribution in [0.2, 0.25) is 0 Å². The predicted molar refractivity (Wildman–Crippen MR) is 87.8 cm³/mol. The van der Waals surface area contributed by atoms with Crippen LogP contribution in [0.3, 0.4) is 0 Å². The fourth-order valence-electron chi connectivity index (χ4n) is 3.12. The minimum absolute atomic E-state index is 0.188. The van der Waals surface area contributed by atoms with Crippen molar-refractivity contribution in [1.29, 1.82) is 0 Å². The van der Waals surface area contributed by atoms with Gasteiger partial charge in [0.15, 0.2) is 0 Å². The number of aryl methyl sites for hydroxylation is 2. The Morgan fingerprint density at radius 3 is 2.33 bits per heavy atom. The Morgan fingerprint density at radius 1 is 1.24 bits per heavy atom. The van der Waals surface area contributed by atoms with Gasteiger partial charge in [0.25, 0.3) is 5.91 Å². The Bertz CT molecular complexity index is 482. The van der Waals surface area contributed by atoms with Crippen molar-refractivity contribution < 1.29 is 4.79 Å². The van der Waals surface area contributed by atoms with Crippen molar-refractivity contribution >= 4 is 5.91 Å². The summed E-state index contributed by atoms with van der Waals surface area (Å²) in [5.74, 6) is 0.197. The molecular weight excluding hydrogens is 260 g/mol. The second-order valence-electron chi connectivity index (χ2n) is 6.55. The van der Waals surface area contributed by atoms with Crippen LogP contribution in [0.4, 0.5) is 0 Å². The number of carbonyl (C=O) groups is 1. The number of carbonyl (C=O) groups excluding carboxylic acids is 1. The standard InChI is InChI=1S/C18H28N2O/c1-5-11-19-18(4)9-12-20(13-10-18)17(21)16-14(2)7-6-8-15(16)3/h6-8,19H,5,9-13H2,1-4H3. The number of hydrogen-bond acceptors (Lipinski definition) is 2. The summed E-state index contributed by atoms with van der Waals surface area (Å²) in [5.41, 5.74) is 3.24. The third kappa shape index (κ3) is 3.65. The summed E-state index contributed by atoms with van der Waals surface area (Å²) in [5, 5.41) is 3.63. The number of nitrogens with one attached hydrogen (secondary N) is 1. The third-order valence-electron chi connectivity index (χ3n) is 4.65. The number of benzene rings is 1. The molecule has 116 valence electrons. The lowest BCUT2D eigenvalue weighted by Gasteiger charge is -2.40. The van der Waals surface area contributed by atoms with E-state index < -0.39 is 0 Å². The average molecular weight is 288 g/mol. The monoisotopic (exact) mass is 288 g/mol. The minimum atomic E-state index is 0.188. The van der Waals surface area contributed by atoms with Crippen LogP contribution >= 0.6 is 0 Å². The van der Waals surface area contributed by atoms with Gasteiger partial charge < -0.3 is 10.2 Å². The lowest BCUT2D eigenvalue weighted by molar-refractivity contribution is 0.0655. The van der Waals surface area contributed by atoms with Crippen LogP contribution in [0.5, 0.6) is 0 Å². The maximum atomic E-state index is 12.8. The van der Waals surface area contributed by atoms with E-state index in [-0.39, 0.29) is 11.4 Å². The topological polar surface area (TPSA) is 32.3 Å². The highest BCUT2D eigenvalue weighted by atomic mass is 16.2. The molecule has 0 saturated carbocycles. The first-order chi connectivity index (χ1) is 9.97. The normalized spacial score (nSPS) is 17.8.